The smallest absolute Gasteiger partial charge is 0.0252 e. The van der Waals surface area contributed by atoms with Crippen molar-refractivity contribution in [3.63, 3.8) is 0 Å². The summed E-state index contributed by atoms with van der Waals surface area (Å²) in [4.78, 5) is 5.63. The molecule has 0 radical (unpaired) electrons. The number of piperidine rings is 1. The van der Waals surface area contributed by atoms with Crippen molar-refractivity contribution < 1.29 is 0 Å². The van der Waals surface area contributed by atoms with Gasteiger partial charge in [0.15, 0.2) is 0 Å². The van der Waals surface area contributed by atoms with Gasteiger partial charge in [-0.3, -0.25) is 9.80 Å². The monoisotopic (exact) mass is 293 g/mol. The highest BCUT2D eigenvalue weighted by molar-refractivity contribution is 4.95. The van der Waals surface area contributed by atoms with Gasteiger partial charge in [0.1, 0.15) is 0 Å². The number of rotatable bonds is 4. The SMILES string of the molecule is CCNC1CCC(C)CC1N1CCC(N2CCCCC2)C1. The van der Waals surface area contributed by atoms with E-state index in [-0.39, 0.29) is 0 Å². The molecule has 3 nitrogen and oxygen atoms in total. The average Bonchev–Trinajstić information content (AvgIpc) is 3.00. The lowest BCUT2D eigenvalue weighted by Crippen LogP contribution is -2.53. The third-order valence-corrected chi connectivity index (χ3v) is 6.12. The predicted molar refractivity (Wildman–Crippen MR) is 89.7 cm³/mol. The maximum atomic E-state index is 3.77. The molecule has 1 N–H and O–H groups in total. The molecule has 1 aliphatic carbocycles. The predicted octanol–water partition coefficient (Wildman–Crippen LogP) is 2.71. The molecule has 0 aromatic heterocycles. The van der Waals surface area contributed by atoms with Crippen LogP contribution in [0.2, 0.25) is 0 Å². The summed E-state index contributed by atoms with van der Waals surface area (Å²) in [6.07, 6.45) is 9.92. The van der Waals surface area contributed by atoms with Gasteiger partial charge in [0, 0.05) is 31.2 Å². The molecular weight excluding hydrogens is 258 g/mol. The average molecular weight is 293 g/mol. The first kappa shape index (κ1) is 15.8. The molecular formula is C18H35N3. The fourth-order valence-electron chi connectivity index (χ4n) is 4.91. The highest BCUT2D eigenvalue weighted by Crippen LogP contribution is 2.31. The Morgan fingerprint density at radius 1 is 0.952 bits per heavy atom. The van der Waals surface area contributed by atoms with E-state index in [0.29, 0.717) is 0 Å². The molecule has 3 heteroatoms. The van der Waals surface area contributed by atoms with Gasteiger partial charge in [-0.25, -0.2) is 0 Å². The van der Waals surface area contributed by atoms with Crippen molar-refractivity contribution >= 4 is 0 Å². The summed E-state index contributed by atoms with van der Waals surface area (Å²) in [6.45, 7) is 11.2. The normalized spacial score (nSPS) is 39.7. The second-order valence-electron chi connectivity index (χ2n) is 7.68. The van der Waals surface area contributed by atoms with Gasteiger partial charge in [-0.2, -0.15) is 0 Å². The summed E-state index contributed by atoms with van der Waals surface area (Å²) in [7, 11) is 0. The van der Waals surface area contributed by atoms with E-state index >= 15 is 0 Å². The van der Waals surface area contributed by atoms with E-state index in [1.807, 2.05) is 0 Å². The van der Waals surface area contributed by atoms with Crippen molar-refractivity contribution in [1.82, 2.24) is 15.1 Å². The second kappa shape index (κ2) is 7.43. The Morgan fingerprint density at radius 2 is 1.76 bits per heavy atom. The number of likely N-dealkylation sites (tertiary alicyclic amines) is 2. The highest BCUT2D eigenvalue weighted by Gasteiger charge is 2.37. The van der Waals surface area contributed by atoms with E-state index in [9.17, 15) is 0 Å². The lowest BCUT2D eigenvalue weighted by molar-refractivity contribution is 0.106. The molecule has 4 atom stereocenters. The van der Waals surface area contributed by atoms with Gasteiger partial charge in [0.25, 0.3) is 0 Å². The summed E-state index contributed by atoms with van der Waals surface area (Å²) in [5.74, 6) is 0.916. The zero-order valence-electron chi connectivity index (χ0n) is 14.2. The van der Waals surface area contributed by atoms with Crippen molar-refractivity contribution in [3.05, 3.63) is 0 Å². The minimum Gasteiger partial charge on any atom is -0.313 e. The largest absolute Gasteiger partial charge is 0.313 e. The molecule has 2 aliphatic heterocycles. The molecule has 0 amide bonds. The summed E-state index contributed by atoms with van der Waals surface area (Å²) < 4.78 is 0. The van der Waals surface area contributed by atoms with Gasteiger partial charge < -0.3 is 5.32 Å². The maximum Gasteiger partial charge on any atom is 0.0252 e. The van der Waals surface area contributed by atoms with Gasteiger partial charge in [0.05, 0.1) is 0 Å². The minimum atomic E-state index is 0.742. The number of hydrogen-bond acceptors (Lipinski definition) is 3. The Kier molecular flexibility index (Phi) is 5.58. The van der Waals surface area contributed by atoms with Gasteiger partial charge in [0.2, 0.25) is 0 Å². The lowest BCUT2D eigenvalue weighted by Gasteiger charge is -2.41. The van der Waals surface area contributed by atoms with Gasteiger partial charge in [-0.05, 0) is 64.1 Å². The Hall–Kier alpha value is -0.120. The molecule has 3 rings (SSSR count). The Bertz CT molecular complexity index is 314. The maximum absolute atomic E-state index is 3.77. The van der Waals surface area contributed by atoms with Gasteiger partial charge >= 0.3 is 0 Å². The van der Waals surface area contributed by atoms with Crippen LogP contribution in [-0.2, 0) is 0 Å². The second-order valence-corrected chi connectivity index (χ2v) is 7.68. The van der Waals surface area contributed by atoms with E-state index < -0.39 is 0 Å². The zero-order chi connectivity index (χ0) is 14.7. The highest BCUT2D eigenvalue weighted by atomic mass is 15.3. The van der Waals surface area contributed by atoms with E-state index in [2.05, 4.69) is 29.0 Å². The molecule has 21 heavy (non-hydrogen) atoms. The Morgan fingerprint density at radius 3 is 2.52 bits per heavy atom. The first-order valence-electron chi connectivity index (χ1n) is 9.49. The van der Waals surface area contributed by atoms with Crippen LogP contribution >= 0.6 is 0 Å². The molecule has 3 fully saturated rings. The minimum absolute atomic E-state index is 0.742. The van der Waals surface area contributed by atoms with Crippen molar-refractivity contribution in [2.45, 2.75) is 76.9 Å². The van der Waals surface area contributed by atoms with Crippen molar-refractivity contribution in [3.8, 4) is 0 Å². The first-order chi connectivity index (χ1) is 10.3. The van der Waals surface area contributed by atoms with E-state index in [1.54, 1.807) is 0 Å². The van der Waals surface area contributed by atoms with Crippen LogP contribution in [0.3, 0.4) is 0 Å². The Labute approximate surface area is 131 Å². The molecule has 2 heterocycles. The van der Waals surface area contributed by atoms with Crippen LogP contribution in [0.25, 0.3) is 0 Å². The van der Waals surface area contributed by atoms with Crippen molar-refractivity contribution in [2.24, 2.45) is 5.92 Å². The molecule has 0 bridgehead atoms. The van der Waals surface area contributed by atoms with Gasteiger partial charge in [-0.1, -0.05) is 20.3 Å². The molecule has 0 aromatic carbocycles. The van der Waals surface area contributed by atoms with E-state index in [1.165, 1.54) is 71.1 Å². The summed E-state index contributed by atoms with van der Waals surface area (Å²) in [5, 5.41) is 3.77. The fraction of sp³-hybridized carbons (Fsp3) is 1.00. The third kappa shape index (κ3) is 3.80. The molecule has 2 saturated heterocycles. The van der Waals surface area contributed by atoms with Crippen LogP contribution in [-0.4, -0.2) is 60.6 Å². The first-order valence-corrected chi connectivity index (χ1v) is 9.49. The third-order valence-electron chi connectivity index (χ3n) is 6.12. The van der Waals surface area contributed by atoms with Crippen LogP contribution in [0, 0.1) is 5.92 Å². The molecule has 3 aliphatic rings. The number of nitrogens with one attached hydrogen (secondary N) is 1. The zero-order valence-corrected chi connectivity index (χ0v) is 14.2. The summed E-state index contributed by atoms with van der Waals surface area (Å²) in [6, 6.07) is 2.39. The lowest BCUT2D eigenvalue weighted by atomic mass is 9.82. The van der Waals surface area contributed by atoms with Crippen LogP contribution in [0.4, 0.5) is 0 Å². The molecule has 4 unspecified atom stereocenters. The fourth-order valence-corrected chi connectivity index (χ4v) is 4.91. The molecule has 1 saturated carbocycles. The number of nitrogens with zero attached hydrogens (tertiary/aromatic N) is 2. The van der Waals surface area contributed by atoms with Gasteiger partial charge in [-0.15, -0.1) is 0 Å². The molecule has 122 valence electrons. The van der Waals surface area contributed by atoms with Crippen LogP contribution < -0.4 is 5.32 Å². The molecule has 0 spiro atoms. The van der Waals surface area contributed by atoms with Crippen LogP contribution in [0.15, 0.2) is 0 Å². The standard InChI is InChI=1S/C18H35N3/c1-3-19-17-8-7-15(2)13-18(17)21-12-9-16(14-21)20-10-5-4-6-11-20/h15-19H,3-14H2,1-2H3. The van der Waals surface area contributed by atoms with Crippen molar-refractivity contribution in [2.75, 3.05) is 32.7 Å². The van der Waals surface area contributed by atoms with Crippen molar-refractivity contribution in [1.29, 1.82) is 0 Å². The number of hydrogen-bond donors (Lipinski definition) is 1. The Balaban J connectivity index is 1.57. The van der Waals surface area contributed by atoms with E-state index in [0.717, 1.165) is 30.6 Å². The molecule has 0 aromatic rings. The summed E-state index contributed by atoms with van der Waals surface area (Å²) >= 11 is 0. The van der Waals surface area contributed by atoms with Crippen LogP contribution in [0.5, 0.6) is 0 Å². The van der Waals surface area contributed by atoms with E-state index in [4.69, 9.17) is 0 Å². The quantitative estimate of drug-likeness (QED) is 0.860. The summed E-state index contributed by atoms with van der Waals surface area (Å²) in [5.41, 5.74) is 0. The topological polar surface area (TPSA) is 18.5 Å². The van der Waals surface area contributed by atoms with Crippen LogP contribution in [0.1, 0.15) is 58.8 Å². The number of likely N-dealkylation sites (N-methyl/N-ethyl adjacent to an activating group) is 1.